The molecule has 1 atom stereocenters. The maximum atomic E-state index is 14.3. The molecule has 1 aromatic carbocycles. The Morgan fingerprint density at radius 3 is 2.86 bits per heavy atom. The predicted molar refractivity (Wildman–Crippen MR) is 52.1 cm³/mol. The van der Waals surface area contributed by atoms with Crippen LogP contribution in [0.4, 0.5) is 4.39 Å². The van der Waals surface area contributed by atoms with Gasteiger partial charge in [0.05, 0.1) is 0 Å². The third-order valence-corrected chi connectivity index (χ3v) is 2.67. The molecule has 2 nitrogen and oxygen atoms in total. The van der Waals surface area contributed by atoms with E-state index in [-0.39, 0.29) is 0 Å². The van der Waals surface area contributed by atoms with Gasteiger partial charge in [0.1, 0.15) is 12.0 Å². The summed E-state index contributed by atoms with van der Waals surface area (Å²) in [5.41, 5.74) is -0.393. The van der Waals surface area contributed by atoms with Gasteiger partial charge >= 0.3 is 0 Å². The summed E-state index contributed by atoms with van der Waals surface area (Å²) in [6, 6.07) is 6.86. The molecular weight excluding hydrogens is 181 g/mol. The highest BCUT2D eigenvalue weighted by Gasteiger charge is 2.36. The molecule has 1 fully saturated rings. The summed E-state index contributed by atoms with van der Waals surface area (Å²) < 4.78 is 14.3. The normalized spacial score (nSPS) is 26.4. The number of hydrogen-bond acceptors (Lipinski definition) is 2. The average molecular weight is 193 g/mol. The fraction of sp³-hybridized carbons (Fsp3) is 0.364. The molecule has 3 heteroatoms. The number of benzene rings is 1. The molecule has 1 unspecified atom stereocenters. The Bertz CT molecular complexity index is 345. The topological polar surface area (TPSA) is 29.1 Å². The number of carbonyl (C=O) groups is 1. The monoisotopic (exact) mass is 193 g/mol. The van der Waals surface area contributed by atoms with E-state index in [0.717, 1.165) is 6.29 Å². The summed E-state index contributed by atoms with van der Waals surface area (Å²) in [4.78, 5) is 10.7. The molecule has 0 spiro atoms. The van der Waals surface area contributed by atoms with E-state index in [1.807, 2.05) is 0 Å². The predicted octanol–water partition coefficient (Wildman–Crippen LogP) is 1.66. The Morgan fingerprint density at radius 1 is 1.43 bits per heavy atom. The maximum Gasteiger partial charge on any atom is 0.150 e. The lowest BCUT2D eigenvalue weighted by Gasteiger charge is -2.20. The molecule has 1 aromatic rings. The zero-order chi connectivity index (χ0) is 10.0. The number of hydrogen-bond donors (Lipinski definition) is 1. The number of aldehydes is 1. The van der Waals surface area contributed by atoms with Gasteiger partial charge in [-0.15, -0.1) is 0 Å². The van der Waals surface area contributed by atoms with Crippen molar-refractivity contribution in [1.29, 1.82) is 0 Å². The largest absolute Gasteiger partial charge is 0.313 e. The lowest BCUT2D eigenvalue weighted by Crippen LogP contribution is -2.24. The average Bonchev–Trinajstić information content (AvgIpc) is 2.66. The van der Waals surface area contributed by atoms with Gasteiger partial charge < -0.3 is 5.32 Å². The van der Waals surface area contributed by atoms with Gasteiger partial charge in [0.25, 0.3) is 0 Å². The first-order chi connectivity index (χ1) is 6.76. The van der Waals surface area contributed by atoms with Crippen LogP contribution in [0.15, 0.2) is 24.3 Å². The van der Waals surface area contributed by atoms with Crippen LogP contribution in [0.3, 0.4) is 0 Å². The van der Waals surface area contributed by atoms with Crippen LogP contribution >= 0.6 is 0 Å². The van der Waals surface area contributed by atoms with Crippen molar-refractivity contribution in [1.82, 2.24) is 5.32 Å². The summed E-state index contributed by atoms with van der Waals surface area (Å²) in [6.07, 6.45) is 1.16. The van der Waals surface area contributed by atoms with Crippen LogP contribution in [0, 0.1) is 0 Å². The molecular formula is C11H12FNO. The first kappa shape index (κ1) is 9.34. The van der Waals surface area contributed by atoms with Crippen LogP contribution in [0.5, 0.6) is 0 Å². The quantitative estimate of drug-likeness (QED) is 0.724. The second-order valence-corrected chi connectivity index (χ2v) is 3.60. The van der Waals surface area contributed by atoms with E-state index in [2.05, 4.69) is 5.32 Å². The van der Waals surface area contributed by atoms with Gasteiger partial charge in [-0.3, -0.25) is 4.79 Å². The van der Waals surface area contributed by atoms with E-state index in [1.165, 1.54) is 0 Å². The van der Waals surface area contributed by atoms with Crippen LogP contribution in [0.2, 0.25) is 0 Å². The molecule has 1 saturated heterocycles. The molecule has 1 N–H and O–H groups in total. The van der Waals surface area contributed by atoms with Crippen molar-refractivity contribution in [3.63, 3.8) is 0 Å². The highest BCUT2D eigenvalue weighted by Crippen LogP contribution is 2.33. The fourth-order valence-electron chi connectivity index (χ4n) is 1.90. The van der Waals surface area contributed by atoms with Gasteiger partial charge in [0, 0.05) is 17.7 Å². The minimum absolute atomic E-state index is 0.303. The van der Waals surface area contributed by atoms with Gasteiger partial charge in [-0.25, -0.2) is 4.39 Å². The third-order valence-electron chi connectivity index (χ3n) is 2.67. The molecule has 0 radical (unpaired) electrons. The van der Waals surface area contributed by atoms with Gasteiger partial charge in [-0.05, 0) is 13.0 Å². The highest BCUT2D eigenvalue weighted by atomic mass is 19.1. The lowest BCUT2D eigenvalue weighted by molar-refractivity contribution is 0.111. The molecule has 1 aliphatic heterocycles. The van der Waals surface area contributed by atoms with Crippen molar-refractivity contribution >= 4 is 6.29 Å². The maximum absolute atomic E-state index is 14.3. The molecule has 14 heavy (non-hydrogen) atoms. The second-order valence-electron chi connectivity index (χ2n) is 3.60. The molecule has 1 aliphatic rings. The van der Waals surface area contributed by atoms with Crippen LogP contribution in [-0.2, 0) is 5.67 Å². The Kier molecular flexibility index (Phi) is 2.33. The first-order valence-corrected chi connectivity index (χ1v) is 4.70. The van der Waals surface area contributed by atoms with Crippen LogP contribution in [0.1, 0.15) is 22.3 Å². The van der Waals surface area contributed by atoms with Gasteiger partial charge in [0.15, 0.2) is 0 Å². The first-order valence-electron chi connectivity index (χ1n) is 4.70. The van der Waals surface area contributed by atoms with E-state index >= 15 is 0 Å². The van der Waals surface area contributed by atoms with Gasteiger partial charge in [0.2, 0.25) is 0 Å². The van der Waals surface area contributed by atoms with Gasteiger partial charge in [-0.2, -0.15) is 0 Å². The molecule has 0 amide bonds. The van der Waals surface area contributed by atoms with E-state index in [4.69, 9.17) is 0 Å². The van der Waals surface area contributed by atoms with Crippen molar-refractivity contribution in [3.05, 3.63) is 35.4 Å². The highest BCUT2D eigenvalue weighted by molar-refractivity contribution is 5.77. The number of nitrogens with one attached hydrogen (secondary N) is 1. The van der Waals surface area contributed by atoms with Crippen LogP contribution in [0.25, 0.3) is 0 Å². The standard InChI is InChI=1S/C11H12FNO/c12-11(5-6-13-8-11)10-4-2-1-3-9(10)7-14/h1-4,7,13H,5-6,8H2. The van der Waals surface area contributed by atoms with Gasteiger partial charge in [-0.1, -0.05) is 24.3 Å². The third kappa shape index (κ3) is 1.44. The Labute approximate surface area is 82.1 Å². The van der Waals surface area contributed by atoms with Crippen molar-refractivity contribution < 1.29 is 9.18 Å². The van der Waals surface area contributed by atoms with E-state index in [0.29, 0.717) is 30.6 Å². The summed E-state index contributed by atoms with van der Waals surface area (Å²) in [5, 5.41) is 2.97. The van der Waals surface area contributed by atoms with E-state index in [9.17, 15) is 9.18 Å². The number of rotatable bonds is 2. The molecule has 2 rings (SSSR count). The summed E-state index contributed by atoms with van der Waals surface area (Å²) in [5.74, 6) is 0. The minimum Gasteiger partial charge on any atom is -0.313 e. The molecule has 0 aromatic heterocycles. The summed E-state index contributed by atoms with van der Waals surface area (Å²) in [7, 11) is 0. The zero-order valence-corrected chi connectivity index (χ0v) is 7.79. The van der Waals surface area contributed by atoms with E-state index in [1.54, 1.807) is 24.3 Å². The molecule has 0 bridgehead atoms. The summed E-state index contributed by atoms with van der Waals surface area (Å²) >= 11 is 0. The summed E-state index contributed by atoms with van der Waals surface area (Å²) in [6.45, 7) is 0.974. The van der Waals surface area contributed by atoms with Crippen molar-refractivity contribution in [2.24, 2.45) is 0 Å². The van der Waals surface area contributed by atoms with Crippen molar-refractivity contribution in [3.8, 4) is 0 Å². The Morgan fingerprint density at radius 2 is 2.21 bits per heavy atom. The van der Waals surface area contributed by atoms with Crippen molar-refractivity contribution in [2.45, 2.75) is 12.1 Å². The second kappa shape index (κ2) is 3.50. The number of alkyl halides is 1. The fourth-order valence-corrected chi connectivity index (χ4v) is 1.90. The Balaban J connectivity index is 2.43. The number of carbonyl (C=O) groups excluding carboxylic acids is 1. The molecule has 1 heterocycles. The Hall–Kier alpha value is -1.22. The minimum atomic E-state index is -1.36. The zero-order valence-electron chi connectivity index (χ0n) is 7.79. The molecule has 74 valence electrons. The van der Waals surface area contributed by atoms with Crippen molar-refractivity contribution in [2.75, 3.05) is 13.1 Å². The lowest BCUT2D eigenvalue weighted by atomic mass is 9.91. The van der Waals surface area contributed by atoms with Crippen LogP contribution in [-0.4, -0.2) is 19.4 Å². The molecule has 0 aliphatic carbocycles. The van der Waals surface area contributed by atoms with E-state index < -0.39 is 5.67 Å². The number of halogens is 1. The smallest absolute Gasteiger partial charge is 0.150 e. The molecule has 0 saturated carbocycles. The SMILES string of the molecule is O=Cc1ccccc1C1(F)CCNC1. The van der Waals surface area contributed by atoms with Crippen LogP contribution < -0.4 is 5.32 Å².